The number of nitrogens with zero attached hydrogens (tertiary/aromatic N) is 1. The Hall–Kier alpha value is -1.10. The van der Waals surface area contributed by atoms with E-state index >= 15 is 0 Å². The Balaban J connectivity index is 2.64. The molecule has 1 rings (SSSR count). The predicted molar refractivity (Wildman–Crippen MR) is 57.8 cm³/mol. The molecule has 0 aliphatic heterocycles. The molecular weight excluding hydrogens is 248 g/mol. The lowest BCUT2D eigenvalue weighted by Gasteiger charge is -2.06. The van der Waals surface area contributed by atoms with Crippen molar-refractivity contribution in [1.29, 1.82) is 0 Å². The molecule has 0 radical (unpaired) electrons. The molecule has 0 bridgehead atoms. The van der Waals surface area contributed by atoms with E-state index in [0.717, 1.165) is 0 Å². The summed E-state index contributed by atoms with van der Waals surface area (Å²) in [5.74, 6) is 0.423. The van der Waals surface area contributed by atoms with Crippen molar-refractivity contribution < 1.29 is 9.53 Å². The van der Waals surface area contributed by atoms with Crippen molar-refractivity contribution >= 4 is 27.5 Å². The third kappa shape index (κ3) is 2.99. The van der Waals surface area contributed by atoms with Gasteiger partial charge in [0.15, 0.2) is 0 Å². The number of halogens is 1. The minimum absolute atomic E-state index is 0.100. The third-order valence-corrected chi connectivity index (χ3v) is 1.99. The van der Waals surface area contributed by atoms with E-state index in [2.05, 4.69) is 26.2 Å². The number of amides is 1. The molecule has 76 valence electrons. The number of hydrogen-bond acceptors (Lipinski definition) is 3. The maximum absolute atomic E-state index is 11.2. The summed E-state index contributed by atoms with van der Waals surface area (Å²) in [5.41, 5.74) is 0.655. The average Bonchev–Trinajstić information content (AvgIpc) is 2.19. The Morgan fingerprint density at radius 1 is 1.64 bits per heavy atom. The van der Waals surface area contributed by atoms with Crippen LogP contribution in [-0.4, -0.2) is 22.8 Å². The quantitative estimate of drug-likeness (QED) is 0.842. The number of hydrogen-bond donors (Lipinski definition) is 1. The number of methoxy groups -OCH3 is 1. The SMILES string of the molecule is COc1ccc(NC(=O)C(C)Br)cn1. The van der Waals surface area contributed by atoms with Crippen molar-refractivity contribution in [1.82, 2.24) is 4.98 Å². The molecule has 0 aliphatic rings. The summed E-state index contributed by atoms with van der Waals surface area (Å²) in [6.45, 7) is 1.76. The number of ether oxygens (including phenoxy) is 1. The summed E-state index contributed by atoms with van der Waals surface area (Å²) in [5, 5.41) is 2.69. The highest BCUT2D eigenvalue weighted by Gasteiger charge is 2.08. The van der Waals surface area contributed by atoms with Gasteiger partial charge in [-0.3, -0.25) is 4.79 Å². The van der Waals surface area contributed by atoms with Crippen molar-refractivity contribution in [2.75, 3.05) is 12.4 Å². The van der Waals surface area contributed by atoms with Gasteiger partial charge < -0.3 is 10.1 Å². The van der Waals surface area contributed by atoms with Gasteiger partial charge in [0.05, 0.1) is 23.8 Å². The van der Waals surface area contributed by atoms with E-state index in [1.165, 1.54) is 0 Å². The topological polar surface area (TPSA) is 51.2 Å². The van der Waals surface area contributed by atoms with Crippen LogP contribution in [0.2, 0.25) is 0 Å². The van der Waals surface area contributed by atoms with E-state index in [-0.39, 0.29) is 10.7 Å². The van der Waals surface area contributed by atoms with Crippen LogP contribution in [0.4, 0.5) is 5.69 Å². The Labute approximate surface area is 90.8 Å². The number of anilines is 1. The van der Waals surface area contributed by atoms with Crippen LogP contribution in [0.15, 0.2) is 18.3 Å². The van der Waals surface area contributed by atoms with Gasteiger partial charge in [-0.25, -0.2) is 4.98 Å². The molecule has 0 saturated heterocycles. The molecule has 1 aromatic heterocycles. The number of nitrogens with one attached hydrogen (secondary N) is 1. The second-order valence-corrected chi connectivity index (χ2v) is 4.07. The van der Waals surface area contributed by atoms with Crippen LogP contribution in [-0.2, 0) is 4.79 Å². The zero-order valence-corrected chi connectivity index (χ0v) is 9.54. The second-order valence-electron chi connectivity index (χ2n) is 2.69. The normalized spacial score (nSPS) is 11.9. The molecule has 14 heavy (non-hydrogen) atoms. The van der Waals surface area contributed by atoms with Crippen LogP contribution in [0.1, 0.15) is 6.92 Å². The highest BCUT2D eigenvalue weighted by Crippen LogP contribution is 2.12. The first-order valence-corrected chi connectivity index (χ1v) is 5.00. The Kier molecular flexibility index (Phi) is 3.88. The van der Waals surface area contributed by atoms with Gasteiger partial charge in [0.1, 0.15) is 0 Å². The van der Waals surface area contributed by atoms with E-state index in [4.69, 9.17) is 4.74 Å². The molecule has 1 aromatic rings. The van der Waals surface area contributed by atoms with Crippen LogP contribution in [0.3, 0.4) is 0 Å². The minimum Gasteiger partial charge on any atom is -0.481 e. The van der Waals surface area contributed by atoms with Crippen molar-refractivity contribution in [3.05, 3.63) is 18.3 Å². The Morgan fingerprint density at radius 2 is 2.36 bits per heavy atom. The summed E-state index contributed by atoms with van der Waals surface area (Å²) in [6, 6.07) is 3.42. The fourth-order valence-electron chi connectivity index (χ4n) is 0.817. The van der Waals surface area contributed by atoms with Crippen molar-refractivity contribution in [2.24, 2.45) is 0 Å². The van der Waals surface area contributed by atoms with Gasteiger partial charge in [-0.2, -0.15) is 0 Å². The monoisotopic (exact) mass is 258 g/mol. The second kappa shape index (κ2) is 4.95. The van der Waals surface area contributed by atoms with Gasteiger partial charge in [0.2, 0.25) is 11.8 Å². The molecule has 5 heteroatoms. The van der Waals surface area contributed by atoms with Crippen LogP contribution < -0.4 is 10.1 Å². The molecule has 1 N–H and O–H groups in total. The summed E-state index contributed by atoms with van der Waals surface area (Å²) < 4.78 is 4.89. The van der Waals surface area contributed by atoms with Gasteiger partial charge >= 0.3 is 0 Å². The third-order valence-electron chi connectivity index (χ3n) is 1.57. The Morgan fingerprint density at radius 3 is 2.79 bits per heavy atom. The fraction of sp³-hybridized carbons (Fsp3) is 0.333. The molecule has 0 fully saturated rings. The first kappa shape index (κ1) is 11.0. The van der Waals surface area contributed by atoms with Crippen LogP contribution >= 0.6 is 15.9 Å². The summed E-state index contributed by atoms with van der Waals surface area (Å²) in [6.07, 6.45) is 1.55. The largest absolute Gasteiger partial charge is 0.481 e. The number of carbonyl (C=O) groups excluding carboxylic acids is 1. The van der Waals surface area contributed by atoms with Crippen LogP contribution in [0, 0.1) is 0 Å². The smallest absolute Gasteiger partial charge is 0.237 e. The van der Waals surface area contributed by atoms with Gasteiger partial charge in [0, 0.05) is 6.07 Å². The lowest BCUT2D eigenvalue weighted by Crippen LogP contribution is -2.19. The zero-order chi connectivity index (χ0) is 10.6. The summed E-state index contributed by atoms with van der Waals surface area (Å²) in [4.78, 5) is 15.0. The lowest BCUT2D eigenvalue weighted by atomic mass is 10.4. The standard InChI is InChI=1S/C9H11BrN2O2/c1-6(10)9(13)12-7-3-4-8(14-2)11-5-7/h3-6H,1-2H3,(H,12,13). The highest BCUT2D eigenvalue weighted by atomic mass is 79.9. The minimum atomic E-state index is -0.218. The average molecular weight is 259 g/mol. The first-order valence-electron chi connectivity index (χ1n) is 4.08. The van der Waals surface area contributed by atoms with Crippen molar-refractivity contribution in [2.45, 2.75) is 11.8 Å². The number of aromatic nitrogens is 1. The van der Waals surface area contributed by atoms with E-state index in [1.807, 2.05) is 0 Å². The lowest BCUT2D eigenvalue weighted by molar-refractivity contribution is -0.115. The van der Waals surface area contributed by atoms with E-state index in [1.54, 1.807) is 32.4 Å². The van der Waals surface area contributed by atoms with Crippen LogP contribution in [0.5, 0.6) is 5.88 Å². The highest BCUT2D eigenvalue weighted by molar-refractivity contribution is 9.10. The fourth-order valence-corrected chi connectivity index (χ4v) is 0.931. The van der Waals surface area contributed by atoms with Crippen molar-refractivity contribution in [3.8, 4) is 5.88 Å². The maximum atomic E-state index is 11.2. The number of carbonyl (C=O) groups is 1. The molecule has 1 atom stereocenters. The van der Waals surface area contributed by atoms with Gasteiger partial charge in [0.25, 0.3) is 0 Å². The molecular formula is C9H11BrN2O2. The number of rotatable bonds is 3. The summed E-state index contributed by atoms with van der Waals surface area (Å²) >= 11 is 3.17. The van der Waals surface area contributed by atoms with Crippen molar-refractivity contribution in [3.63, 3.8) is 0 Å². The zero-order valence-electron chi connectivity index (χ0n) is 7.95. The predicted octanol–water partition coefficient (Wildman–Crippen LogP) is 1.81. The van der Waals surface area contributed by atoms with E-state index < -0.39 is 0 Å². The molecule has 0 aliphatic carbocycles. The van der Waals surface area contributed by atoms with Gasteiger partial charge in [-0.1, -0.05) is 15.9 Å². The summed E-state index contributed by atoms with van der Waals surface area (Å²) in [7, 11) is 1.54. The molecule has 0 aromatic carbocycles. The maximum Gasteiger partial charge on any atom is 0.237 e. The molecule has 1 heterocycles. The van der Waals surface area contributed by atoms with Crippen LogP contribution in [0.25, 0.3) is 0 Å². The number of alkyl halides is 1. The molecule has 4 nitrogen and oxygen atoms in total. The molecule has 1 amide bonds. The molecule has 0 saturated carbocycles. The first-order chi connectivity index (χ1) is 6.63. The molecule has 1 unspecified atom stereocenters. The van der Waals surface area contributed by atoms with E-state index in [9.17, 15) is 4.79 Å². The number of pyridine rings is 1. The van der Waals surface area contributed by atoms with Gasteiger partial charge in [-0.05, 0) is 13.0 Å². The molecule has 0 spiro atoms. The van der Waals surface area contributed by atoms with Gasteiger partial charge in [-0.15, -0.1) is 0 Å². The van der Waals surface area contributed by atoms with E-state index in [0.29, 0.717) is 11.6 Å². The Bertz CT molecular complexity index is 311.